The first kappa shape index (κ1) is 12.5. The smallest absolute Gasteiger partial charge is 0.291 e. The second-order valence-corrected chi connectivity index (χ2v) is 4.83. The Labute approximate surface area is 125 Å². The van der Waals surface area contributed by atoms with E-state index in [1.165, 1.54) is 6.26 Å². The highest BCUT2D eigenvalue weighted by Crippen LogP contribution is 2.22. The van der Waals surface area contributed by atoms with E-state index in [1.54, 1.807) is 12.1 Å². The molecule has 6 heteroatoms. The van der Waals surface area contributed by atoms with Gasteiger partial charge in [-0.3, -0.25) is 4.79 Å². The Morgan fingerprint density at radius 2 is 2.14 bits per heavy atom. The predicted octanol–water partition coefficient (Wildman–Crippen LogP) is 3.40. The van der Waals surface area contributed by atoms with E-state index in [-0.39, 0.29) is 11.7 Å². The van der Waals surface area contributed by atoms with Gasteiger partial charge in [-0.25, -0.2) is 4.98 Å². The van der Waals surface area contributed by atoms with Crippen molar-refractivity contribution in [2.45, 2.75) is 0 Å². The van der Waals surface area contributed by atoms with Gasteiger partial charge in [-0.15, -0.1) is 0 Å². The molecular formula is C16H12N4O2. The van der Waals surface area contributed by atoms with Crippen LogP contribution in [0.5, 0.6) is 0 Å². The maximum atomic E-state index is 12.0. The van der Waals surface area contributed by atoms with Crippen molar-refractivity contribution in [3.63, 3.8) is 0 Å². The Balaban J connectivity index is 1.64. The number of furan rings is 1. The fraction of sp³-hybridized carbons (Fsp3) is 0. The molecule has 0 aliphatic rings. The van der Waals surface area contributed by atoms with Crippen LogP contribution < -0.4 is 5.32 Å². The Kier molecular flexibility index (Phi) is 2.79. The summed E-state index contributed by atoms with van der Waals surface area (Å²) in [6, 6.07) is 12.7. The summed E-state index contributed by atoms with van der Waals surface area (Å²) in [5.74, 6) is 0.750. The number of imidazole rings is 1. The SMILES string of the molecule is O=C(Nc1ccc2nc(-c3ccc[nH]3)[nH]c2c1)c1ccco1. The number of carbonyl (C=O) groups excluding carboxylic acids is 1. The van der Waals surface area contributed by atoms with E-state index in [0.29, 0.717) is 5.69 Å². The fourth-order valence-corrected chi connectivity index (χ4v) is 2.29. The van der Waals surface area contributed by atoms with Crippen molar-refractivity contribution in [3.8, 4) is 11.5 Å². The van der Waals surface area contributed by atoms with Crippen LogP contribution in [-0.4, -0.2) is 20.9 Å². The summed E-state index contributed by atoms with van der Waals surface area (Å²) < 4.78 is 5.07. The molecule has 0 saturated carbocycles. The van der Waals surface area contributed by atoms with Crippen LogP contribution in [0.2, 0.25) is 0 Å². The number of hydrogen-bond donors (Lipinski definition) is 3. The minimum absolute atomic E-state index is 0.275. The third-order valence-corrected chi connectivity index (χ3v) is 3.34. The van der Waals surface area contributed by atoms with Crippen molar-refractivity contribution in [1.82, 2.24) is 15.0 Å². The van der Waals surface area contributed by atoms with E-state index < -0.39 is 0 Å². The van der Waals surface area contributed by atoms with E-state index in [2.05, 4.69) is 20.3 Å². The molecule has 108 valence electrons. The van der Waals surface area contributed by atoms with Gasteiger partial charge >= 0.3 is 0 Å². The van der Waals surface area contributed by atoms with Crippen molar-refractivity contribution >= 4 is 22.6 Å². The summed E-state index contributed by atoms with van der Waals surface area (Å²) in [6.07, 6.45) is 3.31. The number of rotatable bonds is 3. The number of anilines is 1. The van der Waals surface area contributed by atoms with E-state index in [9.17, 15) is 4.79 Å². The normalized spacial score (nSPS) is 10.9. The summed E-state index contributed by atoms with van der Waals surface area (Å²) in [6.45, 7) is 0. The molecule has 3 heterocycles. The Bertz CT molecular complexity index is 921. The van der Waals surface area contributed by atoms with Gasteiger partial charge < -0.3 is 19.7 Å². The summed E-state index contributed by atoms with van der Waals surface area (Å²) in [5.41, 5.74) is 3.27. The number of hydrogen-bond acceptors (Lipinski definition) is 3. The van der Waals surface area contributed by atoms with Crippen LogP contribution in [0.25, 0.3) is 22.6 Å². The van der Waals surface area contributed by atoms with Crippen molar-refractivity contribution < 1.29 is 9.21 Å². The molecule has 4 aromatic rings. The van der Waals surface area contributed by atoms with Crippen LogP contribution in [0, 0.1) is 0 Å². The molecule has 1 amide bonds. The summed E-state index contributed by atoms with van der Waals surface area (Å²) in [7, 11) is 0. The number of nitrogens with one attached hydrogen (secondary N) is 3. The number of aromatic amines is 2. The average molecular weight is 292 g/mol. The third-order valence-electron chi connectivity index (χ3n) is 3.34. The van der Waals surface area contributed by atoms with Gasteiger partial charge in [0.15, 0.2) is 11.6 Å². The molecule has 0 aliphatic heterocycles. The monoisotopic (exact) mass is 292 g/mol. The average Bonchev–Trinajstić information content (AvgIpc) is 3.26. The van der Waals surface area contributed by atoms with Gasteiger partial charge in [0.25, 0.3) is 5.91 Å². The highest BCUT2D eigenvalue weighted by atomic mass is 16.3. The number of aromatic nitrogens is 3. The second kappa shape index (κ2) is 4.92. The minimum atomic E-state index is -0.284. The molecule has 0 fully saturated rings. The van der Waals surface area contributed by atoms with Gasteiger partial charge in [0.1, 0.15) is 0 Å². The quantitative estimate of drug-likeness (QED) is 0.541. The molecule has 6 nitrogen and oxygen atoms in total. The van der Waals surface area contributed by atoms with Gasteiger partial charge in [-0.05, 0) is 42.5 Å². The zero-order valence-electron chi connectivity index (χ0n) is 11.5. The third kappa shape index (κ3) is 2.16. The number of carbonyl (C=O) groups is 1. The topological polar surface area (TPSA) is 86.7 Å². The van der Waals surface area contributed by atoms with E-state index >= 15 is 0 Å². The van der Waals surface area contributed by atoms with Crippen molar-refractivity contribution in [3.05, 3.63) is 60.7 Å². The van der Waals surface area contributed by atoms with E-state index in [0.717, 1.165) is 22.6 Å². The molecule has 0 radical (unpaired) electrons. The number of benzene rings is 1. The van der Waals surface area contributed by atoms with Crippen LogP contribution in [0.1, 0.15) is 10.6 Å². The van der Waals surface area contributed by atoms with Crippen molar-refractivity contribution in [2.24, 2.45) is 0 Å². The fourth-order valence-electron chi connectivity index (χ4n) is 2.29. The lowest BCUT2D eigenvalue weighted by Gasteiger charge is -2.02. The first-order valence-corrected chi connectivity index (χ1v) is 6.78. The molecular weight excluding hydrogens is 280 g/mol. The lowest BCUT2D eigenvalue weighted by atomic mass is 10.2. The maximum absolute atomic E-state index is 12.0. The Morgan fingerprint density at radius 3 is 2.91 bits per heavy atom. The van der Waals surface area contributed by atoms with Crippen LogP contribution in [0.4, 0.5) is 5.69 Å². The first-order chi connectivity index (χ1) is 10.8. The number of H-pyrrole nitrogens is 2. The summed E-state index contributed by atoms with van der Waals surface area (Å²) in [5, 5.41) is 2.79. The Morgan fingerprint density at radius 1 is 1.18 bits per heavy atom. The highest BCUT2D eigenvalue weighted by Gasteiger charge is 2.10. The van der Waals surface area contributed by atoms with Crippen LogP contribution >= 0.6 is 0 Å². The molecule has 1 aromatic carbocycles. The zero-order valence-corrected chi connectivity index (χ0v) is 11.5. The minimum Gasteiger partial charge on any atom is -0.459 e. The van der Waals surface area contributed by atoms with Crippen LogP contribution in [-0.2, 0) is 0 Å². The first-order valence-electron chi connectivity index (χ1n) is 6.78. The Hall–Kier alpha value is -3.28. The standard InChI is InChI=1S/C16H12N4O2/c21-16(14-4-2-8-22-14)18-10-5-6-11-13(9-10)20-15(19-11)12-3-1-7-17-12/h1-9,17H,(H,18,21)(H,19,20). The van der Waals surface area contributed by atoms with Gasteiger partial charge in [0, 0.05) is 11.9 Å². The molecule has 0 unspecified atom stereocenters. The molecule has 0 spiro atoms. The lowest BCUT2D eigenvalue weighted by Crippen LogP contribution is -2.10. The largest absolute Gasteiger partial charge is 0.459 e. The van der Waals surface area contributed by atoms with E-state index in [4.69, 9.17) is 4.42 Å². The molecule has 3 N–H and O–H groups in total. The lowest BCUT2D eigenvalue weighted by molar-refractivity contribution is 0.0996. The van der Waals surface area contributed by atoms with Crippen molar-refractivity contribution in [1.29, 1.82) is 0 Å². The maximum Gasteiger partial charge on any atom is 0.291 e. The van der Waals surface area contributed by atoms with E-state index in [1.807, 2.05) is 36.5 Å². The molecule has 0 aliphatic carbocycles. The van der Waals surface area contributed by atoms with Crippen LogP contribution in [0.3, 0.4) is 0 Å². The van der Waals surface area contributed by atoms with Gasteiger partial charge in [-0.2, -0.15) is 0 Å². The number of amides is 1. The molecule has 3 aromatic heterocycles. The number of nitrogens with zero attached hydrogens (tertiary/aromatic N) is 1. The number of fused-ring (bicyclic) bond motifs is 1. The zero-order chi connectivity index (χ0) is 14.9. The highest BCUT2D eigenvalue weighted by molar-refractivity contribution is 6.03. The molecule has 22 heavy (non-hydrogen) atoms. The van der Waals surface area contributed by atoms with Gasteiger partial charge in [0.2, 0.25) is 0 Å². The van der Waals surface area contributed by atoms with Gasteiger partial charge in [0.05, 0.1) is 23.0 Å². The second-order valence-electron chi connectivity index (χ2n) is 4.83. The predicted molar refractivity (Wildman–Crippen MR) is 82.5 cm³/mol. The van der Waals surface area contributed by atoms with Crippen LogP contribution in [0.15, 0.2) is 59.3 Å². The molecule has 4 rings (SSSR count). The van der Waals surface area contributed by atoms with Crippen molar-refractivity contribution in [2.75, 3.05) is 5.32 Å². The summed E-state index contributed by atoms with van der Waals surface area (Å²) >= 11 is 0. The van der Waals surface area contributed by atoms with Gasteiger partial charge in [-0.1, -0.05) is 0 Å². The summed E-state index contributed by atoms with van der Waals surface area (Å²) in [4.78, 5) is 22.8. The molecule has 0 atom stereocenters. The molecule has 0 bridgehead atoms. The molecule has 0 saturated heterocycles.